The van der Waals surface area contributed by atoms with Crippen LogP contribution in [-0.2, 0) is 28.6 Å². The van der Waals surface area contributed by atoms with Gasteiger partial charge in [0.15, 0.2) is 6.29 Å². The molecule has 3 amide bonds. The second-order valence-electron chi connectivity index (χ2n) is 8.16. The highest BCUT2D eigenvalue weighted by atomic mass is 16.7. The molecular weight excluding hydrogens is 390 g/mol. The molecule has 0 aromatic rings. The molecule has 0 saturated carbocycles. The quantitative estimate of drug-likeness (QED) is 0.440. The minimum absolute atomic E-state index is 0.0228. The van der Waals surface area contributed by atoms with Crippen LogP contribution in [0.5, 0.6) is 0 Å². The maximum atomic E-state index is 13.2. The van der Waals surface area contributed by atoms with E-state index in [1.54, 1.807) is 14.1 Å². The van der Waals surface area contributed by atoms with Crippen LogP contribution in [0.1, 0.15) is 52.9 Å². The number of rotatable bonds is 13. The Morgan fingerprint density at radius 1 is 1.10 bits per heavy atom. The van der Waals surface area contributed by atoms with Crippen LogP contribution in [0.25, 0.3) is 0 Å². The lowest BCUT2D eigenvalue weighted by atomic mass is 10.0. The van der Waals surface area contributed by atoms with Gasteiger partial charge in [-0.2, -0.15) is 0 Å². The SMILES string of the molecule is CCCC(=O)N(C)[C@H](COCCC1OCCCO1)C(=O)N(C)[C@@H](CC(C)C)C(N)=O. The van der Waals surface area contributed by atoms with Crippen molar-refractivity contribution in [2.24, 2.45) is 11.7 Å². The van der Waals surface area contributed by atoms with E-state index in [2.05, 4.69) is 0 Å². The van der Waals surface area contributed by atoms with E-state index in [9.17, 15) is 14.4 Å². The van der Waals surface area contributed by atoms with E-state index in [0.29, 0.717) is 45.5 Å². The molecule has 0 unspecified atom stereocenters. The maximum absolute atomic E-state index is 13.2. The zero-order valence-electron chi connectivity index (χ0n) is 19.1. The lowest BCUT2D eigenvalue weighted by molar-refractivity contribution is -0.187. The zero-order chi connectivity index (χ0) is 22.7. The Bertz CT molecular complexity index is 551. The Morgan fingerprint density at radius 2 is 1.73 bits per heavy atom. The number of amides is 3. The third-order valence-corrected chi connectivity index (χ3v) is 5.12. The van der Waals surface area contributed by atoms with Crippen LogP contribution in [0.4, 0.5) is 0 Å². The molecule has 0 aromatic carbocycles. The second-order valence-corrected chi connectivity index (χ2v) is 8.16. The maximum Gasteiger partial charge on any atom is 0.248 e. The molecule has 30 heavy (non-hydrogen) atoms. The molecule has 1 heterocycles. The minimum Gasteiger partial charge on any atom is -0.379 e. The third-order valence-electron chi connectivity index (χ3n) is 5.12. The van der Waals surface area contributed by atoms with Crippen molar-refractivity contribution >= 4 is 17.7 Å². The highest BCUT2D eigenvalue weighted by Gasteiger charge is 2.34. The molecule has 2 N–H and O–H groups in total. The van der Waals surface area contributed by atoms with Crippen molar-refractivity contribution in [3.05, 3.63) is 0 Å². The van der Waals surface area contributed by atoms with Gasteiger partial charge in [-0.05, 0) is 25.2 Å². The molecule has 1 aliphatic rings. The van der Waals surface area contributed by atoms with Gasteiger partial charge >= 0.3 is 0 Å². The fourth-order valence-electron chi connectivity index (χ4n) is 3.29. The van der Waals surface area contributed by atoms with E-state index >= 15 is 0 Å². The van der Waals surface area contributed by atoms with Crippen LogP contribution in [0.2, 0.25) is 0 Å². The first-order valence-electron chi connectivity index (χ1n) is 10.8. The van der Waals surface area contributed by atoms with Crippen molar-refractivity contribution in [3.8, 4) is 0 Å². The number of primary amides is 1. The normalized spacial score (nSPS) is 16.9. The Labute approximate surface area is 180 Å². The number of nitrogens with two attached hydrogens (primary N) is 1. The molecule has 174 valence electrons. The van der Waals surface area contributed by atoms with Crippen LogP contribution in [0.3, 0.4) is 0 Å². The Kier molecular flexibility index (Phi) is 11.9. The molecule has 1 saturated heterocycles. The predicted molar refractivity (Wildman–Crippen MR) is 112 cm³/mol. The summed E-state index contributed by atoms with van der Waals surface area (Å²) < 4.78 is 16.7. The van der Waals surface area contributed by atoms with Gasteiger partial charge in [0.05, 0.1) is 26.4 Å². The smallest absolute Gasteiger partial charge is 0.248 e. The number of carbonyl (C=O) groups is 3. The van der Waals surface area contributed by atoms with Crippen LogP contribution in [0.15, 0.2) is 0 Å². The fourth-order valence-corrected chi connectivity index (χ4v) is 3.29. The first-order chi connectivity index (χ1) is 14.2. The standard InChI is InChI=1S/C21H39N3O6/c1-6-8-18(25)23(4)17(14-28-12-9-19-29-10-7-11-30-19)21(27)24(5)16(20(22)26)13-15(2)3/h15-17,19H,6-14H2,1-5H3,(H2,22,26)/t16-,17+/m0/s1. The Hall–Kier alpha value is -1.71. The van der Waals surface area contributed by atoms with Gasteiger partial charge in [0, 0.05) is 26.9 Å². The summed E-state index contributed by atoms with van der Waals surface area (Å²) in [6.45, 7) is 7.50. The summed E-state index contributed by atoms with van der Waals surface area (Å²) in [5, 5.41) is 0. The largest absolute Gasteiger partial charge is 0.379 e. The van der Waals surface area contributed by atoms with Crippen LogP contribution in [-0.4, -0.2) is 86.4 Å². The fraction of sp³-hybridized carbons (Fsp3) is 0.857. The van der Waals surface area contributed by atoms with Gasteiger partial charge in [-0.25, -0.2) is 0 Å². The summed E-state index contributed by atoms with van der Waals surface area (Å²) in [6, 6.07) is -1.57. The van der Waals surface area contributed by atoms with E-state index < -0.39 is 18.0 Å². The average molecular weight is 430 g/mol. The topological polar surface area (TPSA) is 111 Å². The molecular formula is C21H39N3O6. The summed E-state index contributed by atoms with van der Waals surface area (Å²) >= 11 is 0. The number of likely N-dealkylation sites (N-methyl/N-ethyl adjacent to an activating group) is 2. The van der Waals surface area contributed by atoms with E-state index in [0.717, 1.165) is 6.42 Å². The van der Waals surface area contributed by atoms with Gasteiger partial charge in [0.25, 0.3) is 0 Å². The van der Waals surface area contributed by atoms with E-state index in [4.69, 9.17) is 19.9 Å². The van der Waals surface area contributed by atoms with Crippen molar-refractivity contribution in [1.29, 1.82) is 0 Å². The van der Waals surface area contributed by atoms with Crippen molar-refractivity contribution < 1.29 is 28.6 Å². The molecule has 0 aliphatic carbocycles. The second kappa shape index (κ2) is 13.6. The third kappa shape index (κ3) is 8.57. The lowest BCUT2D eigenvalue weighted by Crippen LogP contribution is -2.55. The minimum atomic E-state index is -0.837. The first kappa shape index (κ1) is 26.3. The van der Waals surface area contributed by atoms with E-state index in [1.807, 2.05) is 20.8 Å². The molecule has 9 heteroatoms. The van der Waals surface area contributed by atoms with Crippen molar-refractivity contribution in [3.63, 3.8) is 0 Å². The number of hydrogen-bond donors (Lipinski definition) is 1. The average Bonchev–Trinajstić information content (AvgIpc) is 2.71. The summed E-state index contributed by atoms with van der Waals surface area (Å²) in [7, 11) is 3.14. The molecule has 0 spiro atoms. The molecule has 1 aliphatic heterocycles. The van der Waals surface area contributed by atoms with Crippen LogP contribution >= 0.6 is 0 Å². The van der Waals surface area contributed by atoms with Gasteiger partial charge in [-0.15, -0.1) is 0 Å². The summed E-state index contributed by atoms with van der Waals surface area (Å²) in [5.41, 5.74) is 5.54. The molecule has 2 atom stereocenters. The molecule has 0 radical (unpaired) electrons. The summed E-state index contributed by atoms with van der Waals surface area (Å²) in [4.78, 5) is 40.3. The summed E-state index contributed by atoms with van der Waals surface area (Å²) in [6.07, 6.45) is 2.57. The number of hydrogen-bond acceptors (Lipinski definition) is 6. The van der Waals surface area contributed by atoms with Gasteiger partial charge in [-0.1, -0.05) is 20.8 Å². The van der Waals surface area contributed by atoms with Gasteiger partial charge in [0.2, 0.25) is 17.7 Å². The van der Waals surface area contributed by atoms with Gasteiger partial charge in [0.1, 0.15) is 12.1 Å². The Balaban J connectivity index is 2.80. The molecule has 0 bridgehead atoms. The van der Waals surface area contributed by atoms with Gasteiger partial charge in [-0.3, -0.25) is 14.4 Å². The zero-order valence-corrected chi connectivity index (χ0v) is 19.1. The molecule has 1 rings (SSSR count). The number of nitrogens with zero attached hydrogens (tertiary/aromatic N) is 2. The van der Waals surface area contributed by atoms with Crippen molar-refractivity contribution in [1.82, 2.24) is 9.80 Å². The van der Waals surface area contributed by atoms with E-state index in [-0.39, 0.29) is 30.6 Å². The predicted octanol–water partition coefficient (Wildman–Crippen LogP) is 1.14. The Morgan fingerprint density at radius 3 is 2.27 bits per heavy atom. The van der Waals surface area contributed by atoms with Gasteiger partial charge < -0.3 is 29.7 Å². The van der Waals surface area contributed by atoms with Crippen molar-refractivity contribution in [2.75, 3.05) is 40.5 Å². The number of ether oxygens (including phenoxy) is 3. The molecule has 9 nitrogen and oxygen atoms in total. The highest BCUT2D eigenvalue weighted by Crippen LogP contribution is 2.15. The molecule has 0 aromatic heterocycles. The monoisotopic (exact) mass is 429 g/mol. The highest BCUT2D eigenvalue weighted by molar-refractivity contribution is 5.91. The molecule has 1 fully saturated rings. The number of carbonyl (C=O) groups excluding carboxylic acids is 3. The summed E-state index contributed by atoms with van der Waals surface area (Å²) in [5.74, 6) is -0.890. The van der Waals surface area contributed by atoms with Crippen LogP contribution < -0.4 is 5.73 Å². The lowest BCUT2D eigenvalue weighted by Gasteiger charge is -2.34. The van der Waals surface area contributed by atoms with E-state index in [1.165, 1.54) is 9.80 Å². The van der Waals surface area contributed by atoms with Crippen LogP contribution in [0, 0.1) is 5.92 Å². The van der Waals surface area contributed by atoms with Crippen molar-refractivity contribution in [2.45, 2.75) is 71.2 Å². The first-order valence-corrected chi connectivity index (χ1v) is 10.8.